The van der Waals surface area contributed by atoms with Gasteiger partial charge in [0.2, 0.25) is 0 Å². The van der Waals surface area contributed by atoms with Crippen molar-refractivity contribution in [3.05, 3.63) is 29.8 Å². The first kappa shape index (κ1) is 10.5. The number of para-hydroxylation sites is 1. The third kappa shape index (κ3) is 2.96. The monoisotopic (exact) mass is 375 g/mol. The summed E-state index contributed by atoms with van der Waals surface area (Å²) in [5.74, 6) is 0.111. The van der Waals surface area contributed by atoms with E-state index in [1.165, 1.54) is 12.3 Å². The van der Waals surface area contributed by atoms with Crippen molar-refractivity contribution >= 4 is 6.21 Å². The van der Waals surface area contributed by atoms with Crippen LogP contribution in [0.4, 0.5) is 0 Å². The van der Waals surface area contributed by atoms with Gasteiger partial charge < -0.3 is 10.3 Å². The molecule has 0 bridgehead atoms. The Morgan fingerprint density at radius 2 is 1.91 bits per heavy atom. The fourth-order valence-corrected chi connectivity index (χ4v) is 0.659. The first-order valence-corrected chi connectivity index (χ1v) is 2.80. The summed E-state index contributed by atoms with van der Waals surface area (Å²) in [7, 11) is 0. The Kier molecular flexibility index (Phi) is 5.01. The zero-order valence-electron chi connectivity index (χ0n) is 5.73. The van der Waals surface area contributed by atoms with Gasteiger partial charge in [0.1, 0.15) is 5.75 Å². The largest absolute Gasteiger partial charge is 0.507 e. The molecule has 0 unspecified atom stereocenters. The smallest absolute Gasteiger partial charge is 0.124 e. The van der Waals surface area contributed by atoms with Crippen molar-refractivity contribution in [2.75, 3.05) is 0 Å². The van der Waals surface area contributed by atoms with E-state index < -0.39 is 0 Å². The molecule has 0 amide bonds. The van der Waals surface area contributed by atoms with Gasteiger partial charge in [0.05, 0.1) is 6.21 Å². The van der Waals surface area contributed by atoms with E-state index in [1.807, 2.05) is 0 Å². The Balaban J connectivity index is 0.000001000. The molecule has 0 aromatic heterocycles. The van der Waals surface area contributed by atoms with Crippen molar-refractivity contribution in [3.63, 3.8) is 0 Å². The van der Waals surface area contributed by atoms with Gasteiger partial charge in [-0.3, -0.25) is 0 Å². The average molecular weight is 375 g/mol. The second-order valence-corrected chi connectivity index (χ2v) is 1.80. The summed E-state index contributed by atoms with van der Waals surface area (Å²) in [6, 6.07) is 6.62. The van der Waals surface area contributed by atoms with Gasteiger partial charge in [0.15, 0.2) is 0 Å². The fourth-order valence-electron chi connectivity index (χ4n) is 0.659. The van der Waals surface area contributed by atoms with Crippen molar-refractivity contribution in [1.29, 1.82) is 0 Å². The molecular formula is C7H7NO2U. The van der Waals surface area contributed by atoms with E-state index in [9.17, 15) is 0 Å². The number of hydrogen-bond donors (Lipinski definition) is 2. The van der Waals surface area contributed by atoms with Crippen LogP contribution in [0.25, 0.3) is 0 Å². The Morgan fingerprint density at radius 3 is 2.45 bits per heavy atom. The molecular weight excluding hydrogens is 368 g/mol. The summed E-state index contributed by atoms with van der Waals surface area (Å²) in [4.78, 5) is 0. The molecule has 0 atom stereocenters. The number of benzene rings is 1. The minimum Gasteiger partial charge on any atom is -0.507 e. The summed E-state index contributed by atoms with van der Waals surface area (Å²) in [6.45, 7) is 0. The van der Waals surface area contributed by atoms with E-state index >= 15 is 0 Å². The van der Waals surface area contributed by atoms with Crippen LogP contribution in [0.1, 0.15) is 5.56 Å². The van der Waals surface area contributed by atoms with Gasteiger partial charge in [-0.25, -0.2) is 0 Å². The molecule has 0 aliphatic heterocycles. The van der Waals surface area contributed by atoms with Crippen molar-refractivity contribution in [3.8, 4) is 5.75 Å². The molecule has 0 radical (unpaired) electrons. The van der Waals surface area contributed by atoms with Crippen LogP contribution in [0.2, 0.25) is 0 Å². The van der Waals surface area contributed by atoms with Gasteiger partial charge in [-0.2, -0.15) is 0 Å². The molecule has 3 nitrogen and oxygen atoms in total. The standard InChI is InChI=1S/C7H7NO2.U/c9-7-4-2-1-3-6(7)5-8-10;/h1-5,9-10H;. The van der Waals surface area contributed by atoms with E-state index in [0.29, 0.717) is 5.56 Å². The topological polar surface area (TPSA) is 52.8 Å². The van der Waals surface area contributed by atoms with Gasteiger partial charge in [-0.05, 0) is 12.1 Å². The molecule has 0 heterocycles. The second kappa shape index (κ2) is 5.23. The van der Waals surface area contributed by atoms with Crippen LogP contribution < -0.4 is 0 Å². The number of nitrogens with zero attached hydrogens (tertiary/aromatic N) is 1. The Hall–Kier alpha value is -0.458. The zero-order valence-corrected chi connectivity index (χ0v) is 9.89. The van der Waals surface area contributed by atoms with Gasteiger partial charge in [-0.15, -0.1) is 0 Å². The molecule has 1 aromatic carbocycles. The van der Waals surface area contributed by atoms with E-state index in [2.05, 4.69) is 5.16 Å². The Morgan fingerprint density at radius 1 is 1.27 bits per heavy atom. The number of rotatable bonds is 1. The molecule has 56 valence electrons. The van der Waals surface area contributed by atoms with Crippen LogP contribution in [-0.2, 0) is 0 Å². The Bertz CT molecular complexity index is 250. The zero-order chi connectivity index (χ0) is 7.40. The fraction of sp³-hybridized carbons (Fsp3) is 0. The number of hydrogen-bond acceptors (Lipinski definition) is 3. The SMILES string of the molecule is ON=Cc1ccccc1O.[U]. The normalized spacial score (nSPS) is 9.45. The van der Waals surface area contributed by atoms with Gasteiger partial charge in [0.25, 0.3) is 0 Å². The third-order valence-electron chi connectivity index (χ3n) is 1.13. The van der Waals surface area contributed by atoms with Crippen LogP contribution in [0, 0.1) is 31.1 Å². The van der Waals surface area contributed by atoms with Gasteiger partial charge in [0, 0.05) is 36.7 Å². The molecule has 0 spiro atoms. The van der Waals surface area contributed by atoms with Crippen LogP contribution in [0.5, 0.6) is 5.75 Å². The predicted molar refractivity (Wildman–Crippen MR) is 37.5 cm³/mol. The number of oxime groups is 1. The molecule has 0 saturated heterocycles. The van der Waals surface area contributed by atoms with E-state index in [1.54, 1.807) is 18.2 Å². The summed E-state index contributed by atoms with van der Waals surface area (Å²) >= 11 is 0. The number of phenols is 1. The summed E-state index contributed by atoms with van der Waals surface area (Å²) in [5, 5.41) is 19.9. The molecule has 0 aliphatic rings. The first-order valence-electron chi connectivity index (χ1n) is 2.80. The predicted octanol–water partition coefficient (Wildman–Crippen LogP) is 1.20. The van der Waals surface area contributed by atoms with E-state index in [0.717, 1.165) is 0 Å². The second-order valence-electron chi connectivity index (χ2n) is 1.80. The third-order valence-corrected chi connectivity index (χ3v) is 1.13. The van der Waals surface area contributed by atoms with Crippen molar-refractivity contribution in [1.82, 2.24) is 0 Å². The summed E-state index contributed by atoms with van der Waals surface area (Å²) in [5.41, 5.74) is 0.505. The van der Waals surface area contributed by atoms with Crippen LogP contribution in [-0.4, -0.2) is 16.5 Å². The van der Waals surface area contributed by atoms with Gasteiger partial charge in [-0.1, -0.05) is 17.3 Å². The van der Waals surface area contributed by atoms with Crippen molar-refractivity contribution in [2.45, 2.75) is 0 Å². The summed E-state index contributed by atoms with van der Waals surface area (Å²) < 4.78 is 0. The molecule has 0 saturated carbocycles. The minimum atomic E-state index is 0. The maximum atomic E-state index is 9.04. The average Bonchev–Trinajstić information content (AvgIpc) is 1.94. The molecule has 2 N–H and O–H groups in total. The molecule has 11 heavy (non-hydrogen) atoms. The van der Waals surface area contributed by atoms with Crippen LogP contribution in [0.15, 0.2) is 29.4 Å². The molecule has 4 heteroatoms. The van der Waals surface area contributed by atoms with Crippen LogP contribution in [0.3, 0.4) is 0 Å². The van der Waals surface area contributed by atoms with Crippen molar-refractivity contribution < 1.29 is 41.4 Å². The molecule has 0 aliphatic carbocycles. The molecule has 1 aromatic rings. The van der Waals surface area contributed by atoms with E-state index in [4.69, 9.17) is 10.3 Å². The van der Waals surface area contributed by atoms with Crippen molar-refractivity contribution in [2.24, 2.45) is 5.16 Å². The number of phenolic OH excluding ortho intramolecular Hbond substituents is 1. The first-order chi connectivity index (χ1) is 4.84. The maximum Gasteiger partial charge on any atom is 0.124 e. The molecule has 0 fully saturated rings. The molecule has 1 rings (SSSR count). The van der Waals surface area contributed by atoms with E-state index in [-0.39, 0.29) is 36.9 Å². The minimum absolute atomic E-state index is 0. The quantitative estimate of drug-likeness (QED) is 0.441. The number of aromatic hydroxyl groups is 1. The summed E-state index contributed by atoms with van der Waals surface area (Å²) in [6.07, 6.45) is 1.18. The van der Waals surface area contributed by atoms with Crippen LogP contribution >= 0.6 is 0 Å². The van der Waals surface area contributed by atoms with Gasteiger partial charge >= 0.3 is 0 Å². The Labute approximate surface area is 88.1 Å². The maximum absolute atomic E-state index is 9.04.